The highest BCUT2D eigenvalue weighted by Crippen LogP contribution is 2.52. The van der Waals surface area contributed by atoms with Gasteiger partial charge in [-0.3, -0.25) is 4.79 Å². The van der Waals surface area contributed by atoms with Crippen LogP contribution in [0.15, 0.2) is 17.2 Å². The third kappa shape index (κ3) is 3.85. The molecular weight excluding hydrogens is 472 g/mol. The van der Waals surface area contributed by atoms with Gasteiger partial charge in [0, 0.05) is 29.9 Å². The number of methoxy groups -OCH3 is 1. The summed E-state index contributed by atoms with van der Waals surface area (Å²) in [7, 11) is 1.38. The van der Waals surface area contributed by atoms with Crippen molar-refractivity contribution >= 4 is 34.7 Å². The molecule has 168 valence electrons. The van der Waals surface area contributed by atoms with Crippen molar-refractivity contribution in [2.45, 2.75) is 29.7 Å². The lowest BCUT2D eigenvalue weighted by Crippen LogP contribution is -2.55. The molecule has 2 aliphatic rings. The number of anilines is 1. The monoisotopic (exact) mass is 485 g/mol. The first-order valence-electron chi connectivity index (χ1n) is 8.64. The molecular formula is C17H13F6N3O3S2. The zero-order chi connectivity index (χ0) is 22.7. The average Bonchev–Trinajstić information content (AvgIpc) is 3.07. The number of carbonyl (C=O) groups excluding carboxylic acids is 1. The summed E-state index contributed by atoms with van der Waals surface area (Å²) < 4.78 is 86.4. The predicted octanol–water partition coefficient (Wildman–Crippen LogP) is 3.79. The average molecular weight is 485 g/mol. The summed E-state index contributed by atoms with van der Waals surface area (Å²) in [6, 6.07) is 0.588. The van der Waals surface area contributed by atoms with Crippen molar-refractivity contribution in [1.82, 2.24) is 10.3 Å². The maximum absolute atomic E-state index is 14.0. The fourth-order valence-corrected chi connectivity index (χ4v) is 5.60. The van der Waals surface area contributed by atoms with Crippen LogP contribution in [0.3, 0.4) is 0 Å². The number of nitrogens with one attached hydrogen (secondary N) is 1. The summed E-state index contributed by atoms with van der Waals surface area (Å²) in [6.45, 7) is 0.0431. The molecule has 0 aliphatic carbocycles. The molecule has 1 unspecified atom stereocenters. The van der Waals surface area contributed by atoms with Crippen molar-refractivity contribution in [2.75, 3.05) is 24.3 Å². The van der Waals surface area contributed by atoms with E-state index in [4.69, 9.17) is 4.74 Å². The number of carbonyl (C=O) groups is 1. The van der Waals surface area contributed by atoms with Gasteiger partial charge in [-0.2, -0.15) is 26.3 Å². The van der Waals surface area contributed by atoms with Gasteiger partial charge < -0.3 is 20.1 Å². The number of nitrogens with zero attached hydrogens (tertiary/aromatic N) is 2. The molecule has 1 aromatic carbocycles. The van der Waals surface area contributed by atoms with E-state index in [1.165, 1.54) is 12.0 Å². The lowest BCUT2D eigenvalue weighted by molar-refractivity contribution is -0.137. The molecule has 0 spiro atoms. The molecule has 14 heteroatoms. The van der Waals surface area contributed by atoms with E-state index in [2.05, 4.69) is 10.3 Å². The molecule has 1 aromatic heterocycles. The Morgan fingerprint density at radius 1 is 1.26 bits per heavy atom. The minimum atomic E-state index is -4.97. The Morgan fingerprint density at radius 3 is 2.55 bits per heavy atom. The van der Waals surface area contributed by atoms with Gasteiger partial charge in [0.1, 0.15) is 9.88 Å². The molecule has 2 atom stereocenters. The van der Waals surface area contributed by atoms with Crippen LogP contribution in [0.4, 0.5) is 32.0 Å². The van der Waals surface area contributed by atoms with Crippen molar-refractivity contribution in [3.63, 3.8) is 0 Å². The molecule has 1 amide bonds. The number of halogens is 6. The van der Waals surface area contributed by atoms with Crippen LogP contribution in [0, 0.1) is 0 Å². The van der Waals surface area contributed by atoms with Crippen molar-refractivity contribution in [3.05, 3.63) is 28.3 Å². The number of amides is 1. The third-order valence-electron chi connectivity index (χ3n) is 4.79. The van der Waals surface area contributed by atoms with E-state index in [1.54, 1.807) is 0 Å². The number of alkyl halides is 6. The fourth-order valence-electron chi connectivity index (χ4n) is 3.38. The Bertz CT molecular complexity index is 1040. The lowest BCUT2D eigenvalue weighted by Gasteiger charge is -2.37. The largest absolute Gasteiger partial charge is 0.427 e. The zero-order valence-electron chi connectivity index (χ0n) is 15.5. The van der Waals surface area contributed by atoms with Crippen molar-refractivity contribution in [2.24, 2.45) is 0 Å². The molecule has 2 N–H and O–H groups in total. The van der Waals surface area contributed by atoms with Gasteiger partial charge in [-0.05, 0) is 6.07 Å². The number of ether oxygens (including phenoxy) is 1. The second-order valence-corrected chi connectivity index (χ2v) is 8.78. The van der Waals surface area contributed by atoms with Gasteiger partial charge in [0.25, 0.3) is 5.91 Å². The SMILES string of the molecule is CO[C@@H]1CSc2c(-c3ncc(C(F)(F)F)s3)c(C(F)(F)F)cc3c2N(C1)C(O)NC3=O. The number of hydrogen-bond donors (Lipinski definition) is 2. The standard InChI is InChI=1S/C17H13F6N3O3S2/c1-29-6-4-26-11-7(13(27)25-15(26)28)2-8(16(18,19)20)10(12(11)30-5-6)14-24-3-9(31-14)17(21,22)23/h2-3,6,15,28H,4-5H2,1H3,(H,25,27)/t6-,15?/m0/s1. The van der Waals surface area contributed by atoms with Crippen LogP contribution in [0.5, 0.6) is 0 Å². The van der Waals surface area contributed by atoms with E-state index in [0.29, 0.717) is 12.3 Å². The van der Waals surface area contributed by atoms with E-state index >= 15 is 0 Å². The summed E-state index contributed by atoms with van der Waals surface area (Å²) in [6.07, 6.45) is -11.3. The quantitative estimate of drug-likeness (QED) is 0.631. The predicted molar refractivity (Wildman–Crippen MR) is 99.9 cm³/mol. The smallest absolute Gasteiger partial charge is 0.379 e. The Morgan fingerprint density at radius 2 is 1.97 bits per heavy atom. The zero-order valence-corrected chi connectivity index (χ0v) is 17.1. The summed E-state index contributed by atoms with van der Waals surface area (Å²) in [4.78, 5) is 16.0. The molecule has 31 heavy (non-hydrogen) atoms. The second kappa shape index (κ2) is 7.53. The fraction of sp³-hybridized carbons (Fsp3) is 0.412. The molecule has 0 bridgehead atoms. The molecule has 3 heterocycles. The molecule has 0 saturated heterocycles. The summed E-state index contributed by atoms with van der Waals surface area (Å²) in [5, 5.41) is 12.0. The van der Waals surface area contributed by atoms with Crippen LogP contribution in [-0.4, -0.2) is 47.9 Å². The number of aliphatic hydroxyl groups is 1. The Labute approximate surface area is 179 Å². The van der Waals surface area contributed by atoms with E-state index in [9.17, 15) is 36.2 Å². The minimum absolute atomic E-state index is 0.00700. The van der Waals surface area contributed by atoms with Gasteiger partial charge >= 0.3 is 12.4 Å². The first-order chi connectivity index (χ1) is 14.4. The Hall–Kier alpha value is -2.03. The molecule has 0 radical (unpaired) electrons. The molecule has 2 aromatic rings. The maximum Gasteiger partial charge on any atom is 0.427 e. The maximum atomic E-state index is 14.0. The summed E-state index contributed by atoms with van der Waals surface area (Å²) in [5.74, 6) is -0.782. The number of thiazole rings is 1. The van der Waals surface area contributed by atoms with Crippen molar-refractivity contribution in [3.8, 4) is 10.6 Å². The second-order valence-electron chi connectivity index (χ2n) is 6.72. The number of hydrogen-bond acceptors (Lipinski definition) is 7. The summed E-state index contributed by atoms with van der Waals surface area (Å²) >= 11 is 0.991. The number of benzene rings is 1. The first kappa shape index (κ1) is 22.2. The van der Waals surface area contributed by atoms with E-state index < -0.39 is 51.7 Å². The Kier molecular flexibility index (Phi) is 5.39. The lowest BCUT2D eigenvalue weighted by atomic mass is 9.98. The highest BCUT2D eigenvalue weighted by atomic mass is 32.2. The minimum Gasteiger partial charge on any atom is -0.379 e. The number of rotatable bonds is 2. The normalized spacial score (nSPS) is 21.5. The topological polar surface area (TPSA) is 74.7 Å². The number of thioether (sulfide) groups is 1. The highest BCUT2D eigenvalue weighted by molar-refractivity contribution is 7.99. The van der Waals surface area contributed by atoms with Gasteiger partial charge in [0.05, 0.1) is 29.1 Å². The van der Waals surface area contributed by atoms with Gasteiger partial charge in [-0.15, -0.1) is 23.1 Å². The van der Waals surface area contributed by atoms with Crippen LogP contribution in [-0.2, 0) is 17.1 Å². The van der Waals surface area contributed by atoms with Gasteiger partial charge in [-0.1, -0.05) is 0 Å². The third-order valence-corrected chi connectivity index (χ3v) is 7.08. The van der Waals surface area contributed by atoms with E-state index in [1.807, 2.05) is 0 Å². The van der Waals surface area contributed by atoms with Crippen LogP contribution in [0.1, 0.15) is 20.8 Å². The van der Waals surface area contributed by atoms with Crippen LogP contribution in [0.25, 0.3) is 10.6 Å². The number of aliphatic hydroxyl groups excluding tert-OH is 1. The molecule has 2 aliphatic heterocycles. The van der Waals surface area contributed by atoms with Crippen molar-refractivity contribution < 1.29 is 41.0 Å². The van der Waals surface area contributed by atoms with Crippen LogP contribution in [0.2, 0.25) is 0 Å². The first-order valence-corrected chi connectivity index (χ1v) is 10.4. The van der Waals surface area contributed by atoms with Gasteiger partial charge in [-0.25, -0.2) is 4.98 Å². The van der Waals surface area contributed by atoms with Crippen LogP contribution < -0.4 is 10.2 Å². The number of aromatic nitrogens is 1. The molecule has 4 rings (SSSR count). The van der Waals surface area contributed by atoms with Crippen LogP contribution >= 0.6 is 23.1 Å². The highest BCUT2D eigenvalue weighted by Gasteiger charge is 2.44. The van der Waals surface area contributed by atoms with E-state index in [-0.39, 0.29) is 39.8 Å². The molecule has 6 nitrogen and oxygen atoms in total. The van der Waals surface area contributed by atoms with Crippen molar-refractivity contribution in [1.29, 1.82) is 0 Å². The van der Waals surface area contributed by atoms with E-state index in [0.717, 1.165) is 11.8 Å². The Balaban J connectivity index is 2.03. The van der Waals surface area contributed by atoms with Gasteiger partial charge in [0.2, 0.25) is 6.35 Å². The molecule has 0 fully saturated rings. The van der Waals surface area contributed by atoms with Gasteiger partial charge in [0.15, 0.2) is 0 Å². The molecule has 0 saturated carbocycles. The summed E-state index contributed by atoms with van der Waals surface area (Å²) in [5.41, 5.74) is -2.17.